The van der Waals surface area contributed by atoms with Crippen molar-refractivity contribution in [3.63, 3.8) is 0 Å². The molecule has 2 aliphatic heterocycles. The predicted molar refractivity (Wildman–Crippen MR) is 192 cm³/mol. The number of methoxy groups -OCH3 is 2. The summed E-state index contributed by atoms with van der Waals surface area (Å²) in [5, 5.41) is 106. The molecule has 2 saturated heterocycles. The maximum absolute atomic E-state index is 13.2. The Morgan fingerprint density at radius 3 is 1.98 bits per heavy atom. The molecule has 0 radical (unpaired) electrons. The van der Waals surface area contributed by atoms with E-state index in [1.165, 1.54) is 56.7 Å². The molecule has 2 aliphatic rings. The number of hydrogen-bond acceptors (Lipinski definition) is 19. The molecule has 10 unspecified atom stereocenters. The van der Waals surface area contributed by atoms with E-state index in [4.69, 9.17) is 32.8 Å². The van der Waals surface area contributed by atoms with Crippen LogP contribution in [0.2, 0.25) is 0 Å². The topological polar surface area (TPSA) is 305 Å². The van der Waals surface area contributed by atoms with E-state index in [1.54, 1.807) is 0 Å². The molecule has 0 amide bonds. The summed E-state index contributed by atoms with van der Waals surface area (Å²) in [7, 11) is 2.65. The molecule has 19 nitrogen and oxygen atoms in total. The smallest absolute Gasteiger partial charge is 0.330 e. The van der Waals surface area contributed by atoms with E-state index < -0.39 is 108 Å². The highest BCUT2D eigenvalue weighted by atomic mass is 16.7. The fraction of sp³-hybridized carbons (Fsp3) is 0.368. The number of benzene rings is 3. The molecular weight excluding hydrogens is 760 g/mol. The van der Waals surface area contributed by atoms with Gasteiger partial charge < -0.3 is 83.9 Å². The van der Waals surface area contributed by atoms with Crippen molar-refractivity contribution in [2.24, 2.45) is 0 Å². The van der Waals surface area contributed by atoms with Gasteiger partial charge in [-0.25, -0.2) is 4.79 Å². The Kier molecular flexibility index (Phi) is 12.2. The Morgan fingerprint density at radius 1 is 0.737 bits per heavy atom. The van der Waals surface area contributed by atoms with Gasteiger partial charge in [0.2, 0.25) is 5.75 Å². The lowest BCUT2D eigenvalue weighted by Gasteiger charge is -2.43. The highest BCUT2D eigenvalue weighted by Gasteiger charge is 2.49. The summed E-state index contributed by atoms with van der Waals surface area (Å²) in [4.78, 5) is 25.7. The maximum atomic E-state index is 13.2. The van der Waals surface area contributed by atoms with Gasteiger partial charge in [-0.3, -0.25) is 4.79 Å². The Bertz CT molecular complexity index is 2140. The second-order valence-corrected chi connectivity index (χ2v) is 13.2. The highest BCUT2D eigenvalue weighted by Crippen LogP contribution is 2.45. The van der Waals surface area contributed by atoms with Gasteiger partial charge in [-0.1, -0.05) is 0 Å². The number of carbonyl (C=O) groups is 1. The number of fused-ring (bicyclic) bond motifs is 1. The number of carbonyl (C=O) groups excluding carboxylic acids is 1. The Labute approximate surface area is 321 Å². The summed E-state index contributed by atoms with van der Waals surface area (Å²) in [6, 6.07) is 10.6. The Balaban J connectivity index is 1.14. The molecule has 0 spiro atoms. The molecule has 6 rings (SSSR count). The zero-order chi connectivity index (χ0) is 41.3. The first-order valence-electron chi connectivity index (χ1n) is 17.3. The van der Waals surface area contributed by atoms with Crippen LogP contribution in [0.1, 0.15) is 17.2 Å². The van der Waals surface area contributed by atoms with Crippen molar-refractivity contribution >= 4 is 23.0 Å². The third-order valence-electron chi connectivity index (χ3n) is 9.56. The summed E-state index contributed by atoms with van der Waals surface area (Å²) < 4.78 is 38.0. The molecule has 10 atom stereocenters. The molecule has 2 fully saturated rings. The van der Waals surface area contributed by atoms with Crippen molar-refractivity contribution in [2.75, 3.05) is 27.4 Å². The Hall–Kier alpha value is -5.48. The van der Waals surface area contributed by atoms with Crippen LogP contribution in [0.4, 0.5) is 0 Å². The second kappa shape index (κ2) is 16.9. The van der Waals surface area contributed by atoms with Crippen LogP contribution in [0.15, 0.2) is 63.8 Å². The predicted octanol–water partition coefficient (Wildman–Crippen LogP) is -0.0970. The van der Waals surface area contributed by atoms with E-state index in [1.807, 2.05) is 0 Å². The number of aromatic hydroxyl groups is 4. The van der Waals surface area contributed by atoms with E-state index in [0.29, 0.717) is 11.1 Å². The molecule has 3 aromatic carbocycles. The van der Waals surface area contributed by atoms with Crippen molar-refractivity contribution in [3.8, 4) is 45.8 Å². The van der Waals surface area contributed by atoms with Crippen LogP contribution in [-0.2, 0) is 23.7 Å². The minimum absolute atomic E-state index is 0.0352. The third-order valence-corrected chi connectivity index (χ3v) is 9.56. The number of phenols is 4. The first-order chi connectivity index (χ1) is 27.1. The van der Waals surface area contributed by atoms with Gasteiger partial charge in [-0.2, -0.15) is 0 Å². The summed E-state index contributed by atoms with van der Waals surface area (Å²) in [6.45, 7) is -1.37. The van der Waals surface area contributed by atoms with E-state index in [2.05, 4.69) is 0 Å². The normalized spacial score (nSPS) is 27.7. The average molecular weight is 801 g/mol. The molecule has 0 saturated carbocycles. The van der Waals surface area contributed by atoms with E-state index in [9.17, 15) is 60.7 Å². The van der Waals surface area contributed by atoms with Gasteiger partial charge in [0.25, 0.3) is 0 Å². The van der Waals surface area contributed by atoms with Crippen molar-refractivity contribution < 1.29 is 88.7 Å². The molecule has 1 aromatic heterocycles. The van der Waals surface area contributed by atoms with Crippen LogP contribution in [0, 0.1) is 0 Å². The van der Waals surface area contributed by atoms with E-state index in [-0.39, 0.29) is 34.3 Å². The molecule has 306 valence electrons. The van der Waals surface area contributed by atoms with Crippen molar-refractivity contribution in [1.29, 1.82) is 0 Å². The highest BCUT2D eigenvalue weighted by molar-refractivity contribution is 5.88. The fourth-order valence-corrected chi connectivity index (χ4v) is 6.45. The molecule has 57 heavy (non-hydrogen) atoms. The van der Waals surface area contributed by atoms with Crippen LogP contribution in [0.3, 0.4) is 0 Å². The number of aliphatic hydroxyl groups is 6. The van der Waals surface area contributed by atoms with Crippen molar-refractivity contribution in [3.05, 3.63) is 76.0 Å². The largest absolute Gasteiger partial charge is 0.508 e. The van der Waals surface area contributed by atoms with E-state index in [0.717, 1.165) is 18.2 Å². The molecule has 10 N–H and O–H groups in total. The SMILES string of the molecule is COc1cc(C=CC(=O)OCC2OC(OCC3OC(c4c(O)cc5oc(-c6ccc(O)cc6)cc(=O)c5c4O)C(O)C(O)C3O)C(O)C(O)C2O)cc(OC)c1O. The first kappa shape index (κ1) is 41.2. The van der Waals surface area contributed by atoms with Gasteiger partial charge in [-0.05, 0) is 48.0 Å². The van der Waals surface area contributed by atoms with Gasteiger partial charge in [0.1, 0.15) is 95.5 Å². The quantitative estimate of drug-likeness (QED) is 0.0700. The fourth-order valence-electron chi connectivity index (χ4n) is 6.45. The third kappa shape index (κ3) is 8.33. The molecular formula is C38H40O19. The lowest BCUT2D eigenvalue weighted by Crippen LogP contribution is -2.60. The van der Waals surface area contributed by atoms with Gasteiger partial charge in [0, 0.05) is 23.8 Å². The lowest BCUT2D eigenvalue weighted by molar-refractivity contribution is -0.315. The molecule has 0 aliphatic carbocycles. The number of esters is 1. The van der Waals surface area contributed by atoms with Gasteiger partial charge in [0.15, 0.2) is 23.2 Å². The number of phenolic OH excluding ortho intramolecular Hbond substituents is 4. The summed E-state index contributed by atoms with van der Waals surface area (Å²) in [6.07, 6.45) is -15.6. The van der Waals surface area contributed by atoms with Gasteiger partial charge in [0.05, 0.1) is 26.4 Å². The second-order valence-electron chi connectivity index (χ2n) is 13.2. The standard InChI is InChI=1S/C38H40O19/c1-51-22-9-15(10-23(52-2)29(22)43)3-8-26(42)53-13-25-31(45)34(48)36(50)38(57-25)54-14-24-30(44)33(47)35(49)37(56-24)28-19(41)12-21-27(32(28)46)18(40)11-20(55-21)16-4-6-17(39)7-5-16/h3-12,24-25,30-31,33-39,41,43-50H,13-14H2,1-2H3. The molecule has 0 bridgehead atoms. The van der Waals surface area contributed by atoms with Crippen LogP contribution < -0.4 is 14.9 Å². The number of rotatable bonds is 11. The van der Waals surface area contributed by atoms with Crippen LogP contribution in [0.5, 0.6) is 34.5 Å². The lowest BCUT2D eigenvalue weighted by atomic mass is 9.89. The monoisotopic (exact) mass is 800 g/mol. The molecule has 19 heteroatoms. The van der Waals surface area contributed by atoms with Crippen molar-refractivity contribution in [1.82, 2.24) is 0 Å². The molecule has 3 heterocycles. The summed E-state index contributed by atoms with van der Waals surface area (Å²) in [5.74, 6) is -2.59. The Morgan fingerprint density at radius 2 is 1.35 bits per heavy atom. The van der Waals surface area contributed by atoms with Gasteiger partial charge >= 0.3 is 5.97 Å². The zero-order valence-electron chi connectivity index (χ0n) is 30.1. The minimum Gasteiger partial charge on any atom is -0.508 e. The summed E-state index contributed by atoms with van der Waals surface area (Å²) >= 11 is 0. The molecule has 4 aromatic rings. The van der Waals surface area contributed by atoms with Crippen LogP contribution in [-0.4, -0.2) is 140 Å². The first-order valence-corrected chi connectivity index (χ1v) is 17.3. The number of aliphatic hydroxyl groups excluding tert-OH is 6. The van der Waals surface area contributed by atoms with Crippen LogP contribution >= 0.6 is 0 Å². The van der Waals surface area contributed by atoms with Crippen molar-refractivity contribution in [2.45, 2.75) is 61.2 Å². The summed E-state index contributed by atoms with van der Waals surface area (Å²) in [5.41, 5.74) is -0.770. The number of hydrogen-bond donors (Lipinski definition) is 10. The van der Waals surface area contributed by atoms with Gasteiger partial charge in [-0.15, -0.1) is 0 Å². The average Bonchev–Trinajstić information content (AvgIpc) is 3.19. The number of ether oxygens (including phenoxy) is 6. The minimum atomic E-state index is -1.98. The zero-order valence-corrected chi connectivity index (χ0v) is 30.1. The maximum Gasteiger partial charge on any atom is 0.330 e. The van der Waals surface area contributed by atoms with Crippen LogP contribution in [0.25, 0.3) is 28.4 Å². The van der Waals surface area contributed by atoms with E-state index >= 15 is 0 Å².